The minimum Gasteiger partial charge on any atom is -0.366 e. The Labute approximate surface area is 99.8 Å². The lowest BCUT2D eigenvalue weighted by Gasteiger charge is -2.16. The van der Waals surface area contributed by atoms with Gasteiger partial charge < -0.3 is 14.5 Å². The average molecular weight is 239 g/mol. The highest BCUT2D eigenvalue weighted by atomic mass is 16.7. The maximum atomic E-state index is 11.8. The fourth-order valence-electron chi connectivity index (χ4n) is 1.50. The number of hydrogen-bond donors (Lipinski definition) is 1. The number of rotatable bonds is 7. The molecule has 0 aliphatic heterocycles. The molecule has 94 valence electrons. The van der Waals surface area contributed by atoms with E-state index in [4.69, 9.17) is 9.47 Å². The van der Waals surface area contributed by atoms with E-state index in [2.05, 4.69) is 4.98 Å². The van der Waals surface area contributed by atoms with Gasteiger partial charge >= 0.3 is 0 Å². The van der Waals surface area contributed by atoms with E-state index < -0.39 is 6.29 Å². The number of aromatic amines is 1. The zero-order chi connectivity index (χ0) is 12.7. The van der Waals surface area contributed by atoms with Gasteiger partial charge in [-0.2, -0.15) is 0 Å². The molecular weight excluding hydrogens is 222 g/mol. The molecule has 0 bridgehead atoms. The van der Waals surface area contributed by atoms with Gasteiger partial charge in [-0.3, -0.25) is 9.59 Å². The van der Waals surface area contributed by atoms with Crippen LogP contribution in [-0.2, 0) is 15.9 Å². The van der Waals surface area contributed by atoms with Gasteiger partial charge in [0, 0.05) is 37.6 Å². The molecule has 0 saturated heterocycles. The largest absolute Gasteiger partial charge is 0.366 e. The molecule has 1 aromatic rings. The third-order valence-electron chi connectivity index (χ3n) is 2.27. The molecule has 5 nitrogen and oxygen atoms in total. The summed E-state index contributed by atoms with van der Waals surface area (Å²) < 4.78 is 10.7. The zero-order valence-corrected chi connectivity index (χ0v) is 10.1. The first-order valence-corrected chi connectivity index (χ1v) is 5.61. The van der Waals surface area contributed by atoms with Gasteiger partial charge in [0.2, 0.25) is 0 Å². The maximum absolute atomic E-state index is 11.8. The Kier molecular flexibility index (Phi) is 5.59. The van der Waals surface area contributed by atoms with Crippen LogP contribution in [0.2, 0.25) is 0 Å². The minimum absolute atomic E-state index is 0.120. The first-order chi connectivity index (χ1) is 8.22. The van der Waals surface area contributed by atoms with Crippen molar-refractivity contribution in [1.82, 2.24) is 4.98 Å². The molecule has 1 aromatic heterocycles. The van der Waals surface area contributed by atoms with Gasteiger partial charge in [0.25, 0.3) is 0 Å². The number of H-pyrrole nitrogens is 1. The van der Waals surface area contributed by atoms with Crippen molar-refractivity contribution < 1.29 is 14.3 Å². The summed E-state index contributed by atoms with van der Waals surface area (Å²) in [5, 5.41) is 0. The molecule has 0 saturated carbocycles. The van der Waals surface area contributed by atoms with Crippen molar-refractivity contribution in [3.05, 3.63) is 33.7 Å². The lowest BCUT2D eigenvalue weighted by molar-refractivity contribution is -0.134. The Morgan fingerprint density at radius 1 is 1.29 bits per heavy atom. The summed E-state index contributed by atoms with van der Waals surface area (Å²) in [5.41, 5.74) is 0.332. The minimum atomic E-state index is -0.451. The highest BCUT2D eigenvalue weighted by Gasteiger charge is 2.13. The van der Waals surface area contributed by atoms with Crippen LogP contribution in [0.25, 0.3) is 0 Å². The van der Waals surface area contributed by atoms with Crippen LogP contribution >= 0.6 is 0 Å². The molecule has 0 amide bonds. The number of carbonyl (C=O) groups is 1. The van der Waals surface area contributed by atoms with Crippen molar-refractivity contribution in [2.45, 2.75) is 26.6 Å². The van der Waals surface area contributed by atoms with Crippen LogP contribution in [0, 0.1) is 0 Å². The molecule has 0 unspecified atom stereocenters. The molecule has 0 aliphatic rings. The van der Waals surface area contributed by atoms with Gasteiger partial charge in [0.05, 0.1) is 5.56 Å². The van der Waals surface area contributed by atoms with Crippen molar-refractivity contribution >= 4 is 6.29 Å². The summed E-state index contributed by atoms with van der Waals surface area (Å²) in [5.74, 6) is 0. The van der Waals surface area contributed by atoms with Crippen LogP contribution in [-0.4, -0.2) is 30.8 Å². The Bertz CT molecular complexity index is 407. The molecule has 17 heavy (non-hydrogen) atoms. The van der Waals surface area contributed by atoms with Crippen molar-refractivity contribution in [1.29, 1.82) is 0 Å². The second-order valence-corrected chi connectivity index (χ2v) is 3.43. The second kappa shape index (κ2) is 6.98. The third kappa shape index (κ3) is 3.80. The smallest absolute Gasteiger partial charge is 0.195 e. The topological polar surface area (TPSA) is 68.4 Å². The number of hydrogen-bond acceptors (Lipinski definition) is 4. The van der Waals surface area contributed by atoms with Gasteiger partial charge in [-0.1, -0.05) is 0 Å². The number of pyridine rings is 1. The molecular formula is C12H17NO4. The lowest BCUT2D eigenvalue weighted by Crippen LogP contribution is -2.25. The number of aromatic nitrogens is 1. The SMILES string of the molecule is CCOC(Cc1c[nH]cc(C=O)c1=O)OCC. The zero-order valence-electron chi connectivity index (χ0n) is 10.1. The maximum Gasteiger partial charge on any atom is 0.195 e. The lowest BCUT2D eigenvalue weighted by atomic mass is 10.1. The van der Waals surface area contributed by atoms with E-state index in [1.807, 2.05) is 13.8 Å². The number of carbonyl (C=O) groups excluding carboxylic acids is 1. The number of nitrogens with one attached hydrogen (secondary N) is 1. The Morgan fingerprint density at radius 2 is 1.94 bits per heavy atom. The van der Waals surface area contributed by atoms with Gasteiger partial charge in [-0.15, -0.1) is 0 Å². The summed E-state index contributed by atoms with van der Waals surface area (Å²) in [6.07, 6.45) is 3.38. The van der Waals surface area contributed by atoms with Gasteiger partial charge in [0.15, 0.2) is 18.0 Å². The predicted molar refractivity (Wildman–Crippen MR) is 63.2 cm³/mol. The van der Waals surface area contributed by atoms with Crippen LogP contribution in [0.15, 0.2) is 17.2 Å². The van der Waals surface area contributed by atoms with Crippen molar-refractivity contribution in [2.75, 3.05) is 13.2 Å². The predicted octanol–water partition coefficient (Wildman–Crippen LogP) is 1.13. The molecule has 1 N–H and O–H groups in total. The van der Waals surface area contributed by atoms with E-state index in [0.717, 1.165) is 0 Å². The molecule has 0 fully saturated rings. The fraction of sp³-hybridized carbons (Fsp3) is 0.500. The van der Waals surface area contributed by atoms with E-state index >= 15 is 0 Å². The highest BCUT2D eigenvalue weighted by molar-refractivity contribution is 5.74. The van der Waals surface area contributed by atoms with Gasteiger partial charge in [-0.05, 0) is 13.8 Å². The molecule has 0 radical (unpaired) electrons. The molecule has 1 heterocycles. The Hall–Kier alpha value is -1.46. The number of ether oxygens (including phenoxy) is 2. The van der Waals surface area contributed by atoms with Crippen LogP contribution < -0.4 is 5.43 Å². The highest BCUT2D eigenvalue weighted by Crippen LogP contribution is 2.03. The Balaban J connectivity index is 2.85. The molecule has 1 rings (SSSR count). The first-order valence-electron chi connectivity index (χ1n) is 5.61. The van der Waals surface area contributed by atoms with Crippen molar-refractivity contribution in [3.63, 3.8) is 0 Å². The van der Waals surface area contributed by atoms with Crippen molar-refractivity contribution in [3.8, 4) is 0 Å². The molecule has 0 aliphatic carbocycles. The standard InChI is InChI=1S/C12H17NO4/c1-3-16-11(17-4-2)5-9-6-13-7-10(8-14)12(9)15/h6-8,11H,3-5H2,1-2H3,(H,13,15). The quantitative estimate of drug-likeness (QED) is 0.572. The van der Waals surface area contributed by atoms with Gasteiger partial charge in [-0.25, -0.2) is 0 Å². The number of aldehydes is 1. The van der Waals surface area contributed by atoms with Crippen LogP contribution in [0.3, 0.4) is 0 Å². The summed E-state index contributed by atoms with van der Waals surface area (Å²) in [6, 6.07) is 0. The second-order valence-electron chi connectivity index (χ2n) is 3.43. The summed E-state index contributed by atoms with van der Waals surface area (Å²) >= 11 is 0. The fourth-order valence-corrected chi connectivity index (χ4v) is 1.50. The molecule has 0 spiro atoms. The van der Waals surface area contributed by atoms with Crippen LogP contribution in [0.4, 0.5) is 0 Å². The molecule has 5 heteroatoms. The van der Waals surface area contributed by atoms with E-state index in [1.165, 1.54) is 6.20 Å². The van der Waals surface area contributed by atoms with E-state index in [1.54, 1.807) is 6.20 Å². The van der Waals surface area contributed by atoms with E-state index in [9.17, 15) is 9.59 Å². The summed E-state index contributed by atoms with van der Waals surface area (Å²) in [4.78, 5) is 25.2. The van der Waals surface area contributed by atoms with Crippen LogP contribution in [0.5, 0.6) is 0 Å². The van der Waals surface area contributed by atoms with E-state index in [0.29, 0.717) is 31.5 Å². The average Bonchev–Trinajstić information content (AvgIpc) is 2.32. The summed E-state index contributed by atoms with van der Waals surface area (Å²) in [7, 11) is 0. The summed E-state index contributed by atoms with van der Waals surface area (Å²) in [6.45, 7) is 4.74. The first kappa shape index (κ1) is 13.6. The van der Waals surface area contributed by atoms with E-state index in [-0.39, 0.29) is 11.0 Å². The molecule has 0 atom stereocenters. The normalized spacial score (nSPS) is 10.8. The van der Waals surface area contributed by atoms with Crippen LogP contribution in [0.1, 0.15) is 29.8 Å². The van der Waals surface area contributed by atoms with Gasteiger partial charge in [0.1, 0.15) is 0 Å². The molecule has 0 aromatic carbocycles. The third-order valence-corrected chi connectivity index (χ3v) is 2.27. The Morgan fingerprint density at radius 3 is 2.47 bits per heavy atom. The monoisotopic (exact) mass is 239 g/mol. The van der Waals surface area contributed by atoms with Crippen molar-refractivity contribution in [2.24, 2.45) is 0 Å².